The molecular weight excluding hydrogens is 164 g/mol. The zero-order valence-corrected chi connectivity index (χ0v) is 7.25. The quantitative estimate of drug-likeness (QED) is 0.653. The smallest absolute Gasteiger partial charge is 0.297 e. The van der Waals surface area contributed by atoms with Crippen molar-refractivity contribution in [1.29, 1.82) is 0 Å². The highest BCUT2D eigenvalue weighted by atomic mass is 19.3. The van der Waals surface area contributed by atoms with Gasteiger partial charge in [-0.2, -0.15) is 0 Å². The first-order valence-corrected chi connectivity index (χ1v) is 3.61. The van der Waals surface area contributed by atoms with Crippen molar-refractivity contribution in [3.63, 3.8) is 0 Å². The number of rotatable bonds is 1. The second-order valence-corrected chi connectivity index (χ2v) is 3.53. The largest absolute Gasteiger partial charge is 0.307 e. The van der Waals surface area contributed by atoms with Gasteiger partial charge in [0.15, 0.2) is 0 Å². The van der Waals surface area contributed by atoms with E-state index in [0.717, 1.165) is 0 Å². The van der Waals surface area contributed by atoms with Gasteiger partial charge in [0.05, 0.1) is 0 Å². The fourth-order valence-corrected chi connectivity index (χ4v) is 0.910. The molecule has 0 saturated heterocycles. The van der Waals surface area contributed by atoms with Crippen molar-refractivity contribution in [1.82, 2.24) is 14.8 Å². The average molecular weight is 175 g/mol. The Bertz CT molecular complexity index is 262. The van der Waals surface area contributed by atoms with Crippen LogP contribution in [0.5, 0.6) is 0 Å². The van der Waals surface area contributed by atoms with Gasteiger partial charge in [-0.25, -0.2) is 8.78 Å². The second-order valence-electron chi connectivity index (χ2n) is 3.53. The Morgan fingerprint density at radius 3 is 2.33 bits per heavy atom. The summed E-state index contributed by atoms with van der Waals surface area (Å²) in [5.74, 6) is -0.275. The number of halogens is 2. The third-order valence-corrected chi connectivity index (χ3v) is 1.49. The van der Waals surface area contributed by atoms with Crippen molar-refractivity contribution in [2.45, 2.75) is 32.7 Å². The van der Waals surface area contributed by atoms with Gasteiger partial charge in [-0.15, -0.1) is 10.2 Å². The molecule has 0 spiro atoms. The van der Waals surface area contributed by atoms with Crippen molar-refractivity contribution in [2.75, 3.05) is 0 Å². The monoisotopic (exact) mass is 175 g/mol. The minimum Gasteiger partial charge on any atom is -0.307 e. The molecule has 0 atom stereocenters. The van der Waals surface area contributed by atoms with E-state index in [0.29, 0.717) is 0 Å². The van der Waals surface area contributed by atoms with E-state index in [2.05, 4.69) is 10.2 Å². The molecule has 1 heterocycles. The first-order chi connectivity index (χ1) is 5.43. The van der Waals surface area contributed by atoms with Gasteiger partial charge in [-0.3, -0.25) is 0 Å². The molecule has 1 aromatic rings. The fraction of sp³-hybridized carbons (Fsp3) is 0.714. The highest BCUT2D eigenvalue weighted by molar-refractivity contribution is 4.92. The number of hydrogen-bond donors (Lipinski definition) is 0. The van der Waals surface area contributed by atoms with Gasteiger partial charge in [0, 0.05) is 5.54 Å². The van der Waals surface area contributed by atoms with Crippen LogP contribution < -0.4 is 0 Å². The molecule has 0 amide bonds. The van der Waals surface area contributed by atoms with Crippen molar-refractivity contribution in [3.05, 3.63) is 12.2 Å². The molecule has 0 bridgehead atoms. The van der Waals surface area contributed by atoms with Crippen molar-refractivity contribution in [2.24, 2.45) is 0 Å². The Kier molecular flexibility index (Phi) is 2.12. The summed E-state index contributed by atoms with van der Waals surface area (Å²) in [6.07, 6.45) is -1.24. The molecule has 0 saturated carbocycles. The SMILES string of the molecule is CC(C)(C)n1cnnc1C(F)F. The molecule has 0 aliphatic rings. The van der Waals surface area contributed by atoms with Gasteiger partial charge < -0.3 is 4.57 Å². The van der Waals surface area contributed by atoms with E-state index in [1.165, 1.54) is 10.9 Å². The first kappa shape index (κ1) is 9.09. The van der Waals surface area contributed by atoms with Crippen molar-refractivity contribution >= 4 is 0 Å². The number of hydrogen-bond acceptors (Lipinski definition) is 2. The highest BCUT2D eigenvalue weighted by Crippen LogP contribution is 2.22. The maximum atomic E-state index is 12.3. The van der Waals surface area contributed by atoms with E-state index in [-0.39, 0.29) is 5.82 Å². The van der Waals surface area contributed by atoms with E-state index in [1.807, 2.05) is 20.8 Å². The lowest BCUT2D eigenvalue weighted by Crippen LogP contribution is -2.23. The molecule has 5 heteroatoms. The van der Waals surface area contributed by atoms with Gasteiger partial charge in [-0.05, 0) is 20.8 Å². The number of aromatic nitrogens is 3. The van der Waals surface area contributed by atoms with Crippen LogP contribution in [0, 0.1) is 0 Å². The molecule has 0 N–H and O–H groups in total. The normalized spacial score (nSPS) is 12.5. The van der Waals surface area contributed by atoms with Gasteiger partial charge in [0.1, 0.15) is 6.33 Å². The number of nitrogens with zero attached hydrogens (tertiary/aromatic N) is 3. The Morgan fingerprint density at radius 1 is 1.42 bits per heavy atom. The Morgan fingerprint density at radius 2 is 2.00 bits per heavy atom. The van der Waals surface area contributed by atoms with Gasteiger partial charge in [-0.1, -0.05) is 0 Å². The van der Waals surface area contributed by atoms with Gasteiger partial charge >= 0.3 is 0 Å². The van der Waals surface area contributed by atoms with E-state index in [4.69, 9.17) is 0 Å². The van der Waals surface area contributed by atoms with Crippen LogP contribution in [0.4, 0.5) is 8.78 Å². The maximum Gasteiger partial charge on any atom is 0.297 e. The maximum absolute atomic E-state index is 12.3. The Labute approximate surface area is 69.4 Å². The zero-order valence-electron chi connectivity index (χ0n) is 7.25. The van der Waals surface area contributed by atoms with Crippen LogP contribution in [0.25, 0.3) is 0 Å². The topological polar surface area (TPSA) is 30.7 Å². The molecular formula is C7H11F2N3. The number of alkyl halides is 2. The van der Waals surface area contributed by atoms with E-state index in [9.17, 15) is 8.78 Å². The summed E-state index contributed by atoms with van der Waals surface area (Å²) in [5.41, 5.74) is -0.394. The lowest BCUT2D eigenvalue weighted by molar-refractivity contribution is 0.128. The molecule has 12 heavy (non-hydrogen) atoms. The molecule has 68 valence electrons. The minimum atomic E-state index is -2.56. The summed E-state index contributed by atoms with van der Waals surface area (Å²) in [7, 11) is 0. The summed E-state index contributed by atoms with van der Waals surface area (Å²) >= 11 is 0. The van der Waals surface area contributed by atoms with Crippen LogP contribution in [0.1, 0.15) is 33.0 Å². The van der Waals surface area contributed by atoms with Gasteiger partial charge in [0.2, 0.25) is 5.82 Å². The third-order valence-electron chi connectivity index (χ3n) is 1.49. The highest BCUT2D eigenvalue weighted by Gasteiger charge is 2.22. The van der Waals surface area contributed by atoms with Crippen LogP contribution in [-0.4, -0.2) is 14.8 Å². The third kappa shape index (κ3) is 1.60. The Balaban J connectivity index is 3.08. The van der Waals surface area contributed by atoms with E-state index in [1.54, 1.807) is 0 Å². The van der Waals surface area contributed by atoms with E-state index >= 15 is 0 Å². The van der Waals surface area contributed by atoms with Crippen LogP contribution in [0.15, 0.2) is 6.33 Å². The van der Waals surface area contributed by atoms with Crippen LogP contribution in [0.2, 0.25) is 0 Å². The summed E-state index contributed by atoms with van der Waals surface area (Å²) in [4.78, 5) is 0. The second kappa shape index (κ2) is 2.80. The molecule has 3 nitrogen and oxygen atoms in total. The van der Waals surface area contributed by atoms with Crippen LogP contribution in [0.3, 0.4) is 0 Å². The van der Waals surface area contributed by atoms with Crippen molar-refractivity contribution < 1.29 is 8.78 Å². The van der Waals surface area contributed by atoms with E-state index < -0.39 is 12.0 Å². The lowest BCUT2D eigenvalue weighted by atomic mass is 10.1. The lowest BCUT2D eigenvalue weighted by Gasteiger charge is -2.21. The van der Waals surface area contributed by atoms with Gasteiger partial charge in [0.25, 0.3) is 6.43 Å². The summed E-state index contributed by atoms with van der Waals surface area (Å²) in [6.45, 7) is 5.46. The molecule has 0 radical (unpaired) electrons. The molecule has 0 aliphatic heterocycles. The minimum absolute atomic E-state index is 0.275. The molecule has 0 fully saturated rings. The zero-order chi connectivity index (χ0) is 9.35. The molecule has 0 aromatic carbocycles. The Hall–Kier alpha value is -1.00. The van der Waals surface area contributed by atoms with Crippen molar-refractivity contribution in [3.8, 4) is 0 Å². The molecule has 0 aliphatic carbocycles. The standard InChI is InChI=1S/C7H11F2N3/c1-7(2,3)12-4-10-11-6(12)5(8)9/h4-5H,1-3H3. The first-order valence-electron chi connectivity index (χ1n) is 3.61. The summed E-state index contributed by atoms with van der Waals surface area (Å²) < 4.78 is 25.9. The van der Waals surface area contributed by atoms with Crippen LogP contribution >= 0.6 is 0 Å². The molecule has 1 rings (SSSR count). The summed E-state index contributed by atoms with van der Waals surface area (Å²) in [6, 6.07) is 0. The summed E-state index contributed by atoms with van der Waals surface area (Å²) in [5, 5.41) is 6.79. The fourth-order valence-electron chi connectivity index (χ4n) is 0.910. The predicted octanol–water partition coefficient (Wildman–Crippen LogP) is 1.97. The predicted molar refractivity (Wildman–Crippen MR) is 40.0 cm³/mol. The molecule has 0 unspecified atom stereocenters. The van der Waals surface area contributed by atoms with Crippen LogP contribution in [-0.2, 0) is 5.54 Å². The molecule has 1 aromatic heterocycles. The average Bonchev–Trinajstić information content (AvgIpc) is 2.30.